The van der Waals surface area contributed by atoms with Gasteiger partial charge in [-0.1, -0.05) is 26.5 Å². The predicted octanol–water partition coefficient (Wildman–Crippen LogP) is 3.02. The van der Waals surface area contributed by atoms with Crippen molar-refractivity contribution in [1.82, 2.24) is 4.98 Å². The summed E-state index contributed by atoms with van der Waals surface area (Å²) in [7, 11) is 0. The van der Waals surface area contributed by atoms with Crippen molar-refractivity contribution in [3.05, 3.63) is 24.4 Å². The quantitative estimate of drug-likeness (QED) is 0.628. The summed E-state index contributed by atoms with van der Waals surface area (Å²) in [6.45, 7) is 11.0. The lowest BCUT2D eigenvalue weighted by molar-refractivity contribution is 1.35. The molecule has 0 spiro atoms. The van der Waals surface area contributed by atoms with Crippen molar-refractivity contribution in [3.63, 3.8) is 0 Å². The molecule has 1 aromatic rings. The highest BCUT2D eigenvalue weighted by atomic mass is 14.9. The number of H-pyrrole nitrogens is 1. The molecule has 0 saturated heterocycles. The minimum Gasteiger partial charge on any atom is -0.346 e. The van der Waals surface area contributed by atoms with Gasteiger partial charge < -0.3 is 4.98 Å². The number of hydrogen-bond acceptors (Lipinski definition) is 1. The zero-order valence-corrected chi connectivity index (χ0v) is 7.09. The third-order valence-corrected chi connectivity index (χ3v) is 1.13. The highest BCUT2D eigenvalue weighted by Crippen LogP contribution is 2.15. The molecule has 1 N–H and O–H groups in total. The van der Waals surface area contributed by atoms with Gasteiger partial charge in [0.2, 0.25) is 0 Å². The van der Waals surface area contributed by atoms with Gasteiger partial charge in [0, 0.05) is 11.8 Å². The second-order valence-corrected chi connectivity index (χ2v) is 1.64. The van der Waals surface area contributed by atoms with E-state index in [0.29, 0.717) is 0 Å². The van der Waals surface area contributed by atoms with Crippen molar-refractivity contribution in [2.75, 3.05) is 0 Å². The Morgan fingerprint density at radius 1 is 1.55 bits per heavy atom. The molecule has 0 aliphatic heterocycles. The minimum atomic E-state index is 0.782. The number of aromatic nitrogens is 1. The van der Waals surface area contributed by atoms with Crippen molar-refractivity contribution in [1.29, 1.82) is 0 Å². The van der Waals surface area contributed by atoms with Crippen LogP contribution in [0.15, 0.2) is 23.8 Å². The first-order chi connectivity index (χ1) is 5.38. The van der Waals surface area contributed by atoms with E-state index in [1.807, 2.05) is 19.9 Å². The van der Waals surface area contributed by atoms with Gasteiger partial charge in [-0.25, -0.2) is 4.99 Å². The van der Waals surface area contributed by atoms with Crippen LogP contribution in [0.4, 0.5) is 5.82 Å². The van der Waals surface area contributed by atoms with E-state index in [4.69, 9.17) is 0 Å². The molecule has 0 atom stereocenters. The molecule has 0 aliphatic rings. The molecule has 0 radical (unpaired) electrons. The first-order valence-corrected chi connectivity index (χ1v) is 3.65. The zero-order chi connectivity index (χ0) is 8.69. The van der Waals surface area contributed by atoms with Crippen LogP contribution in [-0.4, -0.2) is 11.7 Å². The lowest BCUT2D eigenvalue weighted by Gasteiger charge is -1.85. The molecule has 0 unspecified atom stereocenters. The normalized spacial score (nSPS) is 7.82. The van der Waals surface area contributed by atoms with Crippen molar-refractivity contribution in [2.45, 2.75) is 13.8 Å². The van der Waals surface area contributed by atoms with E-state index in [1.54, 1.807) is 12.3 Å². The van der Waals surface area contributed by atoms with E-state index in [2.05, 4.69) is 23.3 Å². The standard InChI is InChI=1S/C7H8N2.C2H6/c1-3-6-4-5-9-7(6)8-2;1-2/h3-5,9H,1-2H2;1-2H3. The Morgan fingerprint density at radius 3 is 2.55 bits per heavy atom. The molecular weight excluding hydrogens is 136 g/mol. The smallest absolute Gasteiger partial charge is 0.136 e. The highest BCUT2D eigenvalue weighted by Gasteiger charge is 1.92. The van der Waals surface area contributed by atoms with Gasteiger partial charge in [0.05, 0.1) is 0 Å². The van der Waals surface area contributed by atoms with E-state index in [-0.39, 0.29) is 0 Å². The average Bonchev–Trinajstić information content (AvgIpc) is 2.54. The minimum absolute atomic E-state index is 0.782. The van der Waals surface area contributed by atoms with Crippen LogP contribution in [0, 0.1) is 0 Å². The van der Waals surface area contributed by atoms with E-state index >= 15 is 0 Å². The summed E-state index contributed by atoms with van der Waals surface area (Å²) in [6, 6.07) is 1.90. The molecule has 2 heteroatoms. The van der Waals surface area contributed by atoms with Gasteiger partial charge in [0.1, 0.15) is 5.82 Å². The first-order valence-electron chi connectivity index (χ1n) is 3.65. The molecule has 60 valence electrons. The second-order valence-electron chi connectivity index (χ2n) is 1.64. The molecule has 1 heterocycles. The summed E-state index contributed by atoms with van der Waals surface area (Å²) in [5.41, 5.74) is 0.991. The number of aromatic amines is 1. The monoisotopic (exact) mass is 150 g/mol. The average molecular weight is 150 g/mol. The van der Waals surface area contributed by atoms with Crippen LogP contribution in [-0.2, 0) is 0 Å². The third-order valence-electron chi connectivity index (χ3n) is 1.13. The second kappa shape index (κ2) is 5.47. The van der Waals surface area contributed by atoms with Crippen molar-refractivity contribution >= 4 is 18.6 Å². The largest absolute Gasteiger partial charge is 0.346 e. The van der Waals surface area contributed by atoms with Gasteiger partial charge in [0.15, 0.2) is 0 Å². The van der Waals surface area contributed by atoms with Crippen LogP contribution in [0.5, 0.6) is 0 Å². The Kier molecular flexibility index (Phi) is 4.82. The Hall–Kier alpha value is -1.31. The van der Waals surface area contributed by atoms with Gasteiger partial charge in [-0.3, -0.25) is 0 Å². The van der Waals surface area contributed by atoms with Crippen molar-refractivity contribution in [3.8, 4) is 0 Å². The van der Waals surface area contributed by atoms with Crippen LogP contribution >= 0.6 is 0 Å². The van der Waals surface area contributed by atoms with Gasteiger partial charge in [-0.2, -0.15) is 0 Å². The number of nitrogens with zero attached hydrogens (tertiary/aromatic N) is 1. The fourth-order valence-corrected chi connectivity index (χ4v) is 0.674. The van der Waals surface area contributed by atoms with Crippen LogP contribution in [0.2, 0.25) is 0 Å². The summed E-state index contributed by atoms with van der Waals surface area (Å²) in [5.74, 6) is 0.782. The molecular formula is C9H14N2. The molecule has 0 bridgehead atoms. The number of hydrogen-bond donors (Lipinski definition) is 1. The van der Waals surface area contributed by atoms with E-state index in [9.17, 15) is 0 Å². The zero-order valence-electron chi connectivity index (χ0n) is 7.09. The van der Waals surface area contributed by atoms with Gasteiger partial charge in [-0.15, -0.1) is 0 Å². The van der Waals surface area contributed by atoms with Crippen LogP contribution < -0.4 is 0 Å². The number of rotatable bonds is 2. The number of aliphatic imine (C=N–C) groups is 1. The topological polar surface area (TPSA) is 28.1 Å². The fraction of sp³-hybridized carbons (Fsp3) is 0.222. The van der Waals surface area contributed by atoms with E-state index in [1.165, 1.54) is 0 Å². The maximum atomic E-state index is 3.72. The summed E-state index contributed by atoms with van der Waals surface area (Å²) < 4.78 is 0. The summed E-state index contributed by atoms with van der Waals surface area (Å²) in [5, 5.41) is 0. The molecule has 0 saturated carbocycles. The highest BCUT2D eigenvalue weighted by molar-refractivity contribution is 5.61. The summed E-state index contributed by atoms with van der Waals surface area (Å²) in [4.78, 5) is 6.63. The molecule has 2 nitrogen and oxygen atoms in total. The maximum Gasteiger partial charge on any atom is 0.136 e. The molecule has 1 aromatic heterocycles. The maximum absolute atomic E-state index is 3.72. The van der Waals surface area contributed by atoms with Crippen LogP contribution in [0.3, 0.4) is 0 Å². The Labute approximate surface area is 67.7 Å². The predicted molar refractivity (Wildman–Crippen MR) is 51.4 cm³/mol. The van der Waals surface area contributed by atoms with Crippen molar-refractivity contribution < 1.29 is 0 Å². The third kappa shape index (κ3) is 2.42. The van der Waals surface area contributed by atoms with Gasteiger partial charge in [-0.05, 0) is 12.8 Å². The Balaban J connectivity index is 0.000000461. The van der Waals surface area contributed by atoms with Gasteiger partial charge >= 0.3 is 0 Å². The molecule has 11 heavy (non-hydrogen) atoms. The molecule has 0 aromatic carbocycles. The van der Waals surface area contributed by atoms with E-state index in [0.717, 1.165) is 11.4 Å². The molecule has 1 rings (SSSR count). The van der Waals surface area contributed by atoms with E-state index < -0.39 is 0 Å². The first kappa shape index (κ1) is 9.69. The summed E-state index contributed by atoms with van der Waals surface area (Å²) in [6.07, 6.45) is 3.54. The SMILES string of the molecule is C=Cc1cc[nH]c1N=C.CC. The molecule has 0 fully saturated rings. The van der Waals surface area contributed by atoms with Crippen LogP contribution in [0.25, 0.3) is 6.08 Å². The summed E-state index contributed by atoms with van der Waals surface area (Å²) >= 11 is 0. The van der Waals surface area contributed by atoms with Crippen LogP contribution in [0.1, 0.15) is 19.4 Å². The Morgan fingerprint density at radius 2 is 2.18 bits per heavy atom. The number of nitrogens with one attached hydrogen (secondary N) is 1. The van der Waals surface area contributed by atoms with Gasteiger partial charge in [0.25, 0.3) is 0 Å². The molecule has 0 amide bonds. The van der Waals surface area contributed by atoms with Crippen molar-refractivity contribution in [2.24, 2.45) is 4.99 Å². The lowest BCUT2D eigenvalue weighted by Crippen LogP contribution is -1.63. The molecule has 0 aliphatic carbocycles. The lowest BCUT2D eigenvalue weighted by atomic mass is 10.3. The Bertz CT molecular complexity index is 201. The fourth-order valence-electron chi connectivity index (χ4n) is 0.674.